The molecule has 0 aliphatic carbocycles. The van der Waals surface area contributed by atoms with E-state index in [4.69, 9.17) is 9.57 Å². The summed E-state index contributed by atoms with van der Waals surface area (Å²) in [5, 5.41) is 6.86. The van der Waals surface area contributed by atoms with Crippen LogP contribution in [-0.2, 0) is 21.0 Å². The predicted molar refractivity (Wildman–Crippen MR) is 92.7 cm³/mol. The van der Waals surface area contributed by atoms with E-state index in [1.54, 1.807) is 0 Å². The molecule has 1 aliphatic heterocycles. The Morgan fingerprint density at radius 2 is 1.96 bits per heavy atom. The highest BCUT2D eigenvalue weighted by molar-refractivity contribution is 6.43. The molecule has 0 saturated heterocycles. The van der Waals surface area contributed by atoms with Crippen molar-refractivity contribution in [1.82, 2.24) is 0 Å². The molecule has 0 saturated carbocycles. The number of oxime groups is 1. The van der Waals surface area contributed by atoms with Gasteiger partial charge in [0.1, 0.15) is 5.71 Å². The summed E-state index contributed by atoms with van der Waals surface area (Å²) in [7, 11) is 0. The molecule has 1 aliphatic rings. The summed E-state index contributed by atoms with van der Waals surface area (Å²) in [6.45, 7) is 3.03. The van der Waals surface area contributed by atoms with Crippen molar-refractivity contribution in [3.8, 4) is 0 Å². The fourth-order valence-corrected chi connectivity index (χ4v) is 2.53. The summed E-state index contributed by atoms with van der Waals surface area (Å²) in [5.74, 6) is -0.239. The van der Waals surface area contributed by atoms with E-state index >= 15 is 0 Å². The average molecular weight is 324 g/mol. The number of nitrogens with zero attached hydrogens (tertiary/aromatic N) is 1. The summed E-state index contributed by atoms with van der Waals surface area (Å²) in [6.07, 6.45) is 0.259. The lowest BCUT2D eigenvalue weighted by Crippen LogP contribution is -2.22. The van der Waals surface area contributed by atoms with Crippen LogP contribution in [-0.4, -0.2) is 18.2 Å². The zero-order valence-corrected chi connectivity index (χ0v) is 13.6. The van der Waals surface area contributed by atoms with Gasteiger partial charge in [-0.25, -0.2) is 0 Å². The Labute approximate surface area is 141 Å². The van der Waals surface area contributed by atoms with Gasteiger partial charge in [-0.2, -0.15) is 0 Å². The fraction of sp³-hybridized carbons (Fsp3) is 0.263. The average Bonchev–Trinajstić information content (AvgIpc) is 3.12. The minimum Gasteiger partial charge on any atom is -0.387 e. The number of amides is 1. The number of nitrogens with one attached hydrogen (secondary N) is 1. The molecule has 1 atom stereocenters. The van der Waals surface area contributed by atoms with E-state index in [0.29, 0.717) is 25.3 Å². The Bertz CT molecular complexity index is 728. The van der Waals surface area contributed by atoms with Crippen LogP contribution < -0.4 is 5.32 Å². The maximum Gasteiger partial charge on any atom is 0.273 e. The smallest absolute Gasteiger partial charge is 0.273 e. The van der Waals surface area contributed by atoms with Crippen LogP contribution in [0.15, 0.2) is 59.8 Å². The zero-order chi connectivity index (χ0) is 16.8. The summed E-state index contributed by atoms with van der Waals surface area (Å²) in [6, 6.07) is 17.4. The van der Waals surface area contributed by atoms with E-state index in [9.17, 15) is 4.79 Å². The van der Waals surface area contributed by atoms with Crippen molar-refractivity contribution in [2.75, 3.05) is 11.9 Å². The Balaban J connectivity index is 1.64. The predicted octanol–water partition coefficient (Wildman–Crippen LogP) is 3.68. The number of carbonyl (C=O) groups excluding carboxylic acids is 1. The van der Waals surface area contributed by atoms with Crippen molar-refractivity contribution in [2.24, 2.45) is 5.16 Å². The van der Waals surface area contributed by atoms with E-state index in [-0.39, 0.29) is 12.0 Å². The molecule has 2 aromatic carbocycles. The monoisotopic (exact) mass is 324 g/mol. The first-order chi connectivity index (χ1) is 11.8. The quantitative estimate of drug-likeness (QED) is 0.882. The van der Waals surface area contributed by atoms with Crippen molar-refractivity contribution in [3.63, 3.8) is 0 Å². The van der Waals surface area contributed by atoms with Gasteiger partial charge in [0.15, 0.2) is 6.10 Å². The summed E-state index contributed by atoms with van der Waals surface area (Å²) in [5.41, 5.74) is 3.09. The van der Waals surface area contributed by atoms with Crippen molar-refractivity contribution in [2.45, 2.75) is 26.1 Å². The van der Waals surface area contributed by atoms with Gasteiger partial charge in [0.05, 0.1) is 6.61 Å². The molecule has 1 heterocycles. The first-order valence-corrected chi connectivity index (χ1v) is 8.02. The largest absolute Gasteiger partial charge is 0.387 e. The molecule has 0 aromatic heterocycles. The molecule has 1 unspecified atom stereocenters. The third-order valence-corrected chi connectivity index (χ3v) is 3.83. The second kappa shape index (κ2) is 7.75. The lowest BCUT2D eigenvalue weighted by Gasteiger charge is -2.11. The van der Waals surface area contributed by atoms with Crippen molar-refractivity contribution >= 4 is 17.3 Å². The molecule has 2 aromatic rings. The lowest BCUT2D eigenvalue weighted by molar-refractivity contribution is -0.110. The molecule has 124 valence electrons. The van der Waals surface area contributed by atoms with Gasteiger partial charge in [-0.15, -0.1) is 0 Å². The number of carbonyl (C=O) groups is 1. The highest BCUT2D eigenvalue weighted by Gasteiger charge is 2.27. The Morgan fingerprint density at radius 3 is 2.75 bits per heavy atom. The molecule has 1 amide bonds. The summed E-state index contributed by atoms with van der Waals surface area (Å²) < 4.78 is 5.44. The molecule has 0 fully saturated rings. The van der Waals surface area contributed by atoms with Crippen LogP contribution in [0.4, 0.5) is 5.69 Å². The van der Waals surface area contributed by atoms with E-state index in [2.05, 4.69) is 10.5 Å². The van der Waals surface area contributed by atoms with Gasteiger partial charge >= 0.3 is 0 Å². The minimum absolute atomic E-state index is 0.203. The van der Waals surface area contributed by atoms with Gasteiger partial charge in [0.25, 0.3) is 5.91 Å². The normalized spacial score (nSPS) is 16.4. The second-order valence-corrected chi connectivity index (χ2v) is 5.50. The van der Waals surface area contributed by atoms with Gasteiger partial charge in [-0.1, -0.05) is 53.7 Å². The molecule has 0 spiro atoms. The number of rotatable bonds is 6. The van der Waals surface area contributed by atoms with Crippen LogP contribution >= 0.6 is 0 Å². The van der Waals surface area contributed by atoms with Gasteiger partial charge in [0, 0.05) is 24.3 Å². The second-order valence-electron chi connectivity index (χ2n) is 5.50. The molecule has 5 heteroatoms. The summed E-state index contributed by atoms with van der Waals surface area (Å²) in [4.78, 5) is 17.9. The van der Waals surface area contributed by atoms with Crippen LogP contribution in [0.1, 0.15) is 30.6 Å². The maximum absolute atomic E-state index is 12.5. The molecular weight excluding hydrogens is 304 g/mol. The number of para-hydroxylation sites is 1. The number of hydrogen-bond acceptors (Lipinski definition) is 4. The zero-order valence-electron chi connectivity index (χ0n) is 13.6. The molecule has 3 rings (SSSR count). The Morgan fingerprint density at radius 1 is 1.21 bits per heavy atom. The van der Waals surface area contributed by atoms with Crippen molar-refractivity contribution < 1.29 is 14.4 Å². The summed E-state index contributed by atoms with van der Waals surface area (Å²) >= 11 is 0. The number of benzene rings is 2. The van der Waals surface area contributed by atoms with Crippen LogP contribution in [0.3, 0.4) is 0 Å². The minimum atomic E-state index is -0.239. The molecule has 1 N–H and O–H groups in total. The highest BCUT2D eigenvalue weighted by atomic mass is 16.6. The fourth-order valence-electron chi connectivity index (χ4n) is 2.53. The first-order valence-electron chi connectivity index (χ1n) is 8.02. The van der Waals surface area contributed by atoms with Crippen LogP contribution in [0.2, 0.25) is 0 Å². The standard InChI is InChI=1S/C19H20N2O3/c1-2-23-13-15-10-6-7-11-16(15)20-19(22)17-12-18(24-21-17)14-8-4-3-5-9-14/h3-11,18H,2,12-13H2,1H3,(H,20,22). The van der Waals surface area contributed by atoms with Crippen LogP contribution in [0.25, 0.3) is 0 Å². The molecule has 24 heavy (non-hydrogen) atoms. The molecule has 5 nitrogen and oxygen atoms in total. The van der Waals surface area contributed by atoms with Gasteiger partial charge < -0.3 is 14.9 Å². The van der Waals surface area contributed by atoms with Crippen LogP contribution in [0, 0.1) is 0 Å². The van der Waals surface area contributed by atoms with Crippen molar-refractivity contribution in [1.29, 1.82) is 0 Å². The van der Waals surface area contributed by atoms with Crippen molar-refractivity contribution in [3.05, 3.63) is 65.7 Å². The molecule has 0 bridgehead atoms. The highest BCUT2D eigenvalue weighted by Crippen LogP contribution is 2.27. The third kappa shape index (κ3) is 3.81. The third-order valence-electron chi connectivity index (χ3n) is 3.83. The van der Waals surface area contributed by atoms with Gasteiger partial charge in [-0.05, 0) is 18.6 Å². The number of ether oxygens (including phenoxy) is 1. The molecular formula is C19H20N2O3. The maximum atomic E-state index is 12.5. The Hall–Kier alpha value is -2.66. The number of anilines is 1. The van der Waals surface area contributed by atoms with E-state index in [1.807, 2.05) is 61.5 Å². The van der Waals surface area contributed by atoms with Gasteiger partial charge in [-0.3, -0.25) is 4.79 Å². The Kier molecular flexibility index (Phi) is 5.23. The number of hydrogen-bond donors (Lipinski definition) is 1. The topological polar surface area (TPSA) is 59.9 Å². The van der Waals surface area contributed by atoms with Gasteiger partial charge in [0.2, 0.25) is 0 Å². The van der Waals surface area contributed by atoms with Crippen LogP contribution in [0.5, 0.6) is 0 Å². The SMILES string of the molecule is CCOCc1ccccc1NC(=O)C1=NOC(c2ccccc2)C1. The van der Waals surface area contributed by atoms with E-state index in [0.717, 1.165) is 16.8 Å². The van der Waals surface area contributed by atoms with E-state index in [1.165, 1.54) is 0 Å². The van der Waals surface area contributed by atoms with E-state index < -0.39 is 0 Å². The molecule has 0 radical (unpaired) electrons. The first kappa shape index (κ1) is 16.2. The lowest BCUT2D eigenvalue weighted by atomic mass is 10.0.